The van der Waals surface area contributed by atoms with Crippen molar-refractivity contribution < 1.29 is 13.2 Å². The molecule has 0 radical (unpaired) electrons. The van der Waals surface area contributed by atoms with E-state index in [2.05, 4.69) is 20.0 Å². The number of para-hydroxylation sites is 1. The van der Waals surface area contributed by atoms with Crippen LogP contribution in [-0.4, -0.2) is 60.9 Å². The number of likely N-dealkylation sites (tertiary alicyclic amines) is 1. The van der Waals surface area contributed by atoms with Crippen LogP contribution in [0.15, 0.2) is 30.3 Å². The Balaban J connectivity index is 1.51. The van der Waals surface area contributed by atoms with Crippen molar-refractivity contribution in [3.8, 4) is 5.69 Å². The third-order valence-electron chi connectivity index (χ3n) is 5.18. The molecule has 0 bridgehead atoms. The predicted molar refractivity (Wildman–Crippen MR) is 114 cm³/mol. The van der Waals surface area contributed by atoms with E-state index < -0.39 is 10.0 Å². The molecule has 0 spiro atoms. The van der Waals surface area contributed by atoms with Gasteiger partial charge in [-0.1, -0.05) is 18.2 Å². The van der Waals surface area contributed by atoms with E-state index in [1.165, 1.54) is 6.26 Å². The fourth-order valence-electron chi connectivity index (χ4n) is 3.68. The standard InChI is InChI=1S/C20H29N5O3S/c1-15-20(16(2)25(22-15)18-7-5-4-6-8-18)21-19(26)11-14-24-12-9-17(10-13-24)23-29(3,27)28/h4-8,17,23H,9-14H2,1-3H3,(H,21,26). The van der Waals surface area contributed by atoms with Crippen LogP contribution in [0.1, 0.15) is 30.7 Å². The first-order valence-electron chi connectivity index (χ1n) is 9.84. The molecule has 2 N–H and O–H groups in total. The van der Waals surface area contributed by atoms with Crippen molar-refractivity contribution in [1.82, 2.24) is 19.4 Å². The molecule has 0 unspecified atom stereocenters. The highest BCUT2D eigenvalue weighted by molar-refractivity contribution is 7.88. The zero-order valence-corrected chi connectivity index (χ0v) is 18.0. The van der Waals surface area contributed by atoms with Gasteiger partial charge in [0.2, 0.25) is 15.9 Å². The van der Waals surface area contributed by atoms with E-state index in [-0.39, 0.29) is 11.9 Å². The van der Waals surface area contributed by atoms with E-state index in [1.54, 1.807) is 0 Å². The first-order chi connectivity index (χ1) is 13.7. The fourth-order valence-corrected chi connectivity index (χ4v) is 4.52. The summed E-state index contributed by atoms with van der Waals surface area (Å²) in [6.07, 6.45) is 3.10. The SMILES string of the molecule is Cc1nn(-c2ccccc2)c(C)c1NC(=O)CCN1CCC(NS(C)(=O)=O)CC1. The number of hydrogen-bond acceptors (Lipinski definition) is 5. The molecule has 1 aromatic heterocycles. The van der Waals surface area contributed by atoms with Gasteiger partial charge in [0, 0.05) is 19.0 Å². The lowest BCUT2D eigenvalue weighted by Gasteiger charge is -2.31. The van der Waals surface area contributed by atoms with Crippen LogP contribution in [0.5, 0.6) is 0 Å². The highest BCUT2D eigenvalue weighted by atomic mass is 32.2. The largest absolute Gasteiger partial charge is 0.323 e. The minimum atomic E-state index is -3.17. The summed E-state index contributed by atoms with van der Waals surface area (Å²) < 4.78 is 27.2. The van der Waals surface area contributed by atoms with E-state index in [1.807, 2.05) is 48.9 Å². The summed E-state index contributed by atoms with van der Waals surface area (Å²) in [6, 6.07) is 9.82. The molecule has 0 atom stereocenters. The third kappa shape index (κ3) is 5.88. The second-order valence-corrected chi connectivity index (χ2v) is 9.38. The number of rotatable bonds is 7. The maximum atomic E-state index is 12.5. The molecule has 0 aliphatic carbocycles. The molecule has 1 aliphatic rings. The van der Waals surface area contributed by atoms with Gasteiger partial charge in [-0.2, -0.15) is 5.10 Å². The first kappa shape index (κ1) is 21.5. The average molecular weight is 420 g/mol. The lowest BCUT2D eigenvalue weighted by Crippen LogP contribution is -2.44. The molecule has 8 nitrogen and oxygen atoms in total. The van der Waals surface area contributed by atoms with Crippen molar-refractivity contribution in [3.05, 3.63) is 41.7 Å². The number of carbonyl (C=O) groups excluding carboxylic acids is 1. The van der Waals surface area contributed by atoms with Crippen molar-refractivity contribution in [1.29, 1.82) is 0 Å². The summed E-state index contributed by atoms with van der Waals surface area (Å²) in [5.74, 6) is -0.0415. The molecule has 1 aliphatic heterocycles. The number of piperidine rings is 1. The number of hydrogen-bond donors (Lipinski definition) is 2. The molecule has 1 fully saturated rings. The van der Waals surface area contributed by atoms with Crippen LogP contribution in [0.3, 0.4) is 0 Å². The molecular weight excluding hydrogens is 390 g/mol. The summed E-state index contributed by atoms with van der Waals surface area (Å²) in [6.45, 7) is 6.06. The monoisotopic (exact) mass is 419 g/mol. The smallest absolute Gasteiger partial charge is 0.225 e. The second kappa shape index (κ2) is 9.06. The van der Waals surface area contributed by atoms with Gasteiger partial charge in [0.25, 0.3) is 0 Å². The highest BCUT2D eigenvalue weighted by Gasteiger charge is 2.22. The maximum absolute atomic E-state index is 12.5. The van der Waals surface area contributed by atoms with Crippen LogP contribution >= 0.6 is 0 Å². The van der Waals surface area contributed by atoms with Gasteiger partial charge in [0.1, 0.15) is 0 Å². The summed E-state index contributed by atoms with van der Waals surface area (Å²) in [4.78, 5) is 14.7. The zero-order valence-electron chi connectivity index (χ0n) is 17.2. The van der Waals surface area contributed by atoms with Crippen molar-refractivity contribution in [2.75, 3.05) is 31.2 Å². The summed E-state index contributed by atoms with van der Waals surface area (Å²) in [7, 11) is -3.17. The predicted octanol–water partition coefficient (Wildman–Crippen LogP) is 1.83. The fraction of sp³-hybridized carbons (Fsp3) is 0.500. The lowest BCUT2D eigenvalue weighted by atomic mass is 10.1. The molecule has 2 heterocycles. The third-order valence-corrected chi connectivity index (χ3v) is 5.94. The molecule has 0 saturated carbocycles. The molecule has 1 saturated heterocycles. The Labute approximate surface area is 172 Å². The van der Waals surface area contributed by atoms with Gasteiger partial charge in [-0.25, -0.2) is 17.8 Å². The first-order valence-corrected chi connectivity index (χ1v) is 11.7. The molecule has 3 rings (SSSR count). The van der Waals surface area contributed by atoms with Gasteiger partial charge in [-0.05, 0) is 51.9 Å². The van der Waals surface area contributed by atoms with Crippen LogP contribution in [0.4, 0.5) is 5.69 Å². The van der Waals surface area contributed by atoms with Crippen molar-refractivity contribution in [2.24, 2.45) is 0 Å². The van der Waals surface area contributed by atoms with Crippen LogP contribution in [0, 0.1) is 13.8 Å². The number of anilines is 1. The number of carbonyl (C=O) groups is 1. The highest BCUT2D eigenvalue weighted by Crippen LogP contribution is 2.23. The second-order valence-electron chi connectivity index (χ2n) is 7.60. The topological polar surface area (TPSA) is 96.3 Å². The van der Waals surface area contributed by atoms with Crippen LogP contribution < -0.4 is 10.0 Å². The average Bonchev–Trinajstić information content (AvgIpc) is 2.95. The summed E-state index contributed by atoms with van der Waals surface area (Å²) in [5, 5.41) is 7.56. The molecular formula is C20H29N5O3S. The zero-order chi connectivity index (χ0) is 21.0. The number of benzene rings is 1. The molecule has 29 heavy (non-hydrogen) atoms. The lowest BCUT2D eigenvalue weighted by molar-refractivity contribution is -0.116. The van der Waals surface area contributed by atoms with E-state index in [0.717, 1.165) is 48.7 Å². The molecule has 1 amide bonds. The maximum Gasteiger partial charge on any atom is 0.225 e. The van der Waals surface area contributed by atoms with Gasteiger partial charge in [0.05, 0.1) is 29.0 Å². The molecule has 2 aromatic rings. The number of nitrogens with one attached hydrogen (secondary N) is 2. The van der Waals surface area contributed by atoms with Crippen molar-refractivity contribution >= 4 is 21.6 Å². The Morgan fingerprint density at radius 1 is 1.17 bits per heavy atom. The van der Waals surface area contributed by atoms with E-state index in [4.69, 9.17) is 0 Å². The summed E-state index contributed by atoms with van der Waals surface area (Å²) in [5.41, 5.74) is 3.40. The number of nitrogens with zero attached hydrogens (tertiary/aromatic N) is 3. The minimum Gasteiger partial charge on any atom is -0.323 e. The quantitative estimate of drug-likeness (QED) is 0.714. The summed E-state index contributed by atoms with van der Waals surface area (Å²) >= 11 is 0. The van der Waals surface area contributed by atoms with Gasteiger partial charge >= 0.3 is 0 Å². The number of aromatic nitrogens is 2. The Bertz CT molecular complexity index is 948. The van der Waals surface area contributed by atoms with Crippen LogP contribution in [0.25, 0.3) is 5.69 Å². The Morgan fingerprint density at radius 2 is 1.83 bits per heavy atom. The van der Waals surface area contributed by atoms with Gasteiger partial charge in [-0.3, -0.25) is 4.79 Å². The number of aryl methyl sites for hydroxylation is 1. The van der Waals surface area contributed by atoms with Crippen molar-refractivity contribution in [3.63, 3.8) is 0 Å². The van der Waals surface area contributed by atoms with Crippen LogP contribution in [-0.2, 0) is 14.8 Å². The van der Waals surface area contributed by atoms with E-state index in [0.29, 0.717) is 13.0 Å². The normalized spacial score (nSPS) is 16.1. The Morgan fingerprint density at radius 3 is 2.45 bits per heavy atom. The Kier molecular flexibility index (Phi) is 6.71. The molecule has 158 valence electrons. The number of amides is 1. The van der Waals surface area contributed by atoms with Gasteiger partial charge in [-0.15, -0.1) is 0 Å². The van der Waals surface area contributed by atoms with Gasteiger partial charge in [0.15, 0.2) is 0 Å². The molecule has 1 aromatic carbocycles. The van der Waals surface area contributed by atoms with E-state index >= 15 is 0 Å². The van der Waals surface area contributed by atoms with Gasteiger partial charge < -0.3 is 10.2 Å². The van der Waals surface area contributed by atoms with E-state index in [9.17, 15) is 13.2 Å². The number of sulfonamides is 1. The molecule has 9 heteroatoms. The van der Waals surface area contributed by atoms with Crippen molar-refractivity contribution in [2.45, 2.75) is 39.2 Å². The minimum absolute atomic E-state index is 0.01000. The van der Waals surface area contributed by atoms with Crippen LogP contribution in [0.2, 0.25) is 0 Å². The Hall–Kier alpha value is -2.23.